The number of Topliss-reactive ketones (excluding diaryl/α,β-unsaturated/α-hetero) is 1. The minimum atomic E-state index is -0.130. The average molecular weight is 478 g/mol. The number of nitrogens with zero attached hydrogens (tertiary/aromatic N) is 5. The molecule has 0 N–H and O–H groups in total. The van der Waals surface area contributed by atoms with Crippen molar-refractivity contribution in [3.05, 3.63) is 47.3 Å². The van der Waals surface area contributed by atoms with Gasteiger partial charge in [0.1, 0.15) is 5.69 Å². The van der Waals surface area contributed by atoms with E-state index in [0.717, 1.165) is 39.0 Å². The highest BCUT2D eigenvalue weighted by atomic mass is 16.2. The van der Waals surface area contributed by atoms with Gasteiger partial charge in [0, 0.05) is 56.1 Å². The van der Waals surface area contributed by atoms with Gasteiger partial charge < -0.3 is 9.80 Å². The topological polar surface area (TPSA) is 61.7 Å². The quantitative estimate of drug-likeness (QED) is 0.588. The molecule has 3 fully saturated rings. The number of rotatable bonds is 4. The minimum Gasteiger partial charge on any atom is -0.366 e. The first-order valence-corrected chi connectivity index (χ1v) is 13.3. The molecule has 0 saturated carbocycles. The van der Waals surface area contributed by atoms with Crippen LogP contribution in [0, 0.1) is 6.92 Å². The van der Waals surface area contributed by atoms with Gasteiger partial charge in [0.05, 0.1) is 0 Å². The molecule has 2 atom stereocenters. The van der Waals surface area contributed by atoms with E-state index in [1.165, 1.54) is 54.1 Å². The molecule has 5 rings (SSSR count). The number of hydrogen-bond donors (Lipinski definition) is 0. The lowest BCUT2D eigenvalue weighted by molar-refractivity contribution is 0.0585. The van der Waals surface area contributed by atoms with E-state index in [9.17, 15) is 9.59 Å². The monoisotopic (exact) mass is 477 g/mol. The Hall–Kier alpha value is -2.67. The number of likely N-dealkylation sites (tertiary alicyclic amines) is 2. The Balaban J connectivity index is 1.30. The van der Waals surface area contributed by atoms with Gasteiger partial charge in [-0.1, -0.05) is 12.1 Å². The molecule has 188 valence electrons. The van der Waals surface area contributed by atoms with Crippen LogP contribution < -0.4 is 4.90 Å². The molecule has 7 nitrogen and oxygen atoms in total. The number of ketones is 1. The van der Waals surface area contributed by atoms with Crippen LogP contribution in [0.2, 0.25) is 0 Å². The SMILES string of the molecule is CC(=O)c1ccn(C(=O)N2CCC3(CCCN3Cc3ccc(C)cc3N3[C@@H](C)CC[C@@H]3C)CC2)n1. The molecule has 3 saturated heterocycles. The predicted molar refractivity (Wildman–Crippen MR) is 138 cm³/mol. The number of carbonyl (C=O) groups excluding carboxylic acids is 2. The van der Waals surface area contributed by atoms with Crippen molar-refractivity contribution in [3.63, 3.8) is 0 Å². The van der Waals surface area contributed by atoms with Crippen molar-refractivity contribution in [1.82, 2.24) is 19.6 Å². The van der Waals surface area contributed by atoms with Crippen molar-refractivity contribution < 1.29 is 9.59 Å². The van der Waals surface area contributed by atoms with Gasteiger partial charge in [0.25, 0.3) is 0 Å². The van der Waals surface area contributed by atoms with E-state index in [-0.39, 0.29) is 17.4 Å². The van der Waals surface area contributed by atoms with E-state index in [0.29, 0.717) is 17.8 Å². The molecule has 7 heteroatoms. The lowest BCUT2D eigenvalue weighted by atomic mass is 9.84. The number of benzene rings is 1. The predicted octanol–water partition coefficient (Wildman–Crippen LogP) is 4.87. The lowest BCUT2D eigenvalue weighted by Gasteiger charge is -2.45. The Morgan fingerprint density at radius 2 is 1.74 bits per heavy atom. The Bertz CT molecular complexity index is 1090. The first-order chi connectivity index (χ1) is 16.8. The largest absolute Gasteiger partial charge is 0.366 e. The number of anilines is 1. The number of aromatic nitrogens is 2. The number of aryl methyl sites for hydroxylation is 1. The van der Waals surface area contributed by atoms with Gasteiger partial charge in [-0.25, -0.2) is 4.79 Å². The van der Waals surface area contributed by atoms with Gasteiger partial charge in [-0.15, -0.1) is 0 Å². The maximum absolute atomic E-state index is 13.0. The van der Waals surface area contributed by atoms with Crippen LogP contribution >= 0.6 is 0 Å². The zero-order valence-corrected chi connectivity index (χ0v) is 21.7. The Kier molecular flexibility index (Phi) is 6.47. The van der Waals surface area contributed by atoms with Crippen LogP contribution in [0.4, 0.5) is 10.5 Å². The third-order valence-electron chi connectivity index (χ3n) is 8.68. The molecule has 1 aromatic heterocycles. The van der Waals surface area contributed by atoms with E-state index >= 15 is 0 Å². The van der Waals surface area contributed by atoms with Gasteiger partial charge in [-0.05, 0) is 89.1 Å². The molecule has 0 bridgehead atoms. The van der Waals surface area contributed by atoms with E-state index in [4.69, 9.17) is 0 Å². The van der Waals surface area contributed by atoms with Crippen molar-refractivity contribution >= 4 is 17.5 Å². The lowest BCUT2D eigenvalue weighted by Crippen LogP contribution is -2.53. The summed E-state index contributed by atoms with van der Waals surface area (Å²) >= 11 is 0. The van der Waals surface area contributed by atoms with E-state index in [1.807, 2.05) is 4.90 Å². The van der Waals surface area contributed by atoms with Crippen LogP contribution in [0.15, 0.2) is 30.5 Å². The summed E-state index contributed by atoms with van der Waals surface area (Å²) in [5.74, 6) is -0.121. The van der Waals surface area contributed by atoms with Gasteiger partial charge >= 0.3 is 6.03 Å². The molecule has 3 aliphatic heterocycles. The molecule has 1 aromatic carbocycles. The fourth-order valence-corrected chi connectivity index (χ4v) is 6.61. The number of hydrogen-bond acceptors (Lipinski definition) is 5. The summed E-state index contributed by atoms with van der Waals surface area (Å²) in [4.78, 5) is 31.8. The second kappa shape index (κ2) is 9.41. The van der Waals surface area contributed by atoms with Crippen LogP contribution in [0.25, 0.3) is 0 Å². The van der Waals surface area contributed by atoms with E-state index < -0.39 is 0 Å². The summed E-state index contributed by atoms with van der Waals surface area (Å²) in [7, 11) is 0. The minimum absolute atomic E-state index is 0.121. The van der Waals surface area contributed by atoms with E-state index in [1.54, 1.807) is 12.3 Å². The Labute approximate surface area is 209 Å². The second-order valence-electron chi connectivity index (χ2n) is 11.0. The molecular weight excluding hydrogens is 438 g/mol. The van der Waals surface area contributed by atoms with Crippen LogP contribution in [-0.2, 0) is 6.54 Å². The molecule has 1 spiro atoms. The second-order valence-corrected chi connectivity index (χ2v) is 11.0. The maximum Gasteiger partial charge on any atom is 0.344 e. The highest BCUT2D eigenvalue weighted by Gasteiger charge is 2.44. The van der Waals surface area contributed by atoms with Gasteiger partial charge in [-0.2, -0.15) is 9.78 Å². The highest BCUT2D eigenvalue weighted by molar-refractivity contribution is 5.92. The van der Waals surface area contributed by atoms with Crippen LogP contribution in [-0.4, -0.2) is 68.7 Å². The van der Waals surface area contributed by atoms with Crippen LogP contribution in [0.5, 0.6) is 0 Å². The molecule has 4 heterocycles. The zero-order chi connectivity index (χ0) is 24.7. The fourth-order valence-electron chi connectivity index (χ4n) is 6.61. The fraction of sp³-hybridized carbons (Fsp3) is 0.607. The maximum atomic E-state index is 13.0. The summed E-state index contributed by atoms with van der Waals surface area (Å²) in [6.07, 6.45) is 8.50. The molecule has 35 heavy (non-hydrogen) atoms. The zero-order valence-electron chi connectivity index (χ0n) is 21.7. The molecule has 2 aromatic rings. The number of amides is 1. The highest BCUT2D eigenvalue weighted by Crippen LogP contribution is 2.41. The molecular formula is C28H39N5O2. The first kappa shape index (κ1) is 24.0. The molecule has 0 aliphatic carbocycles. The third kappa shape index (κ3) is 4.51. The summed E-state index contributed by atoms with van der Waals surface area (Å²) in [6.45, 7) is 11.9. The van der Waals surface area contributed by atoms with Crippen LogP contribution in [0.3, 0.4) is 0 Å². The van der Waals surface area contributed by atoms with Crippen molar-refractivity contribution in [2.75, 3.05) is 24.5 Å². The standard InChI is InChI=1S/C28H39N5O2/c1-20-6-9-24(26(18-20)33-21(2)7-8-22(33)3)19-31-14-5-11-28(31)12-16-30(17-13-28)27(35)32-15-10-25(29-32)23(4)34/h6,9-10,15,18,21-22H,5,7-8,11-14,16-17,19H2,1-4H3/t21-,22-/m0/s1. The third-order valence-corrected chi connectivity index (χ3v) is 8.68. The van der Waals surface area contributed by atoms with E-state index in [2.05, 4.69) is 53.9 Å². The molecule has 3 aliphatic rings. The Morgan fingerprint density at radius 1 is 1.03 bits per heavy atom. The van der Waals surface area contributed by atoms with Gasteiger partial charge in [0.2, 0.25) is 0 Å². The van der Waals surface area contributed by atoms with Gasteiger partial charge in [-0.3, -0.25) is 9.69 Å². The molecule has 0 radical (unpaired) electrons. The summed E-state index contributed by atoms with van der Waals surface area (Å²) < 4.78 is 1.32. The smallest absolute Gasteiger partial charge is 0.344 e. The Morgan fingerprint density at radius 3 is 2.40 bits per heavy atom. The number of carbonyl (C=O) groups is 2. The van der Waals surface area contributed by atoms with Crippen molar-refractivity contribution in [3.8, 4) is 0 Å². The van der Waals surface area contributed by atoms with Crippen molar-refractivity contribution in [2.45, 2.75) is 90.4 Å². The summed E-state index contributed by atoms with van der Waals surface area (Å²) in [5, 5.41) is 4.17. The van der Waals surface area contributed by atoms with Crippen LogP contribution in [0.1, 0.15) is 80.9 Å². The molecule has 1 amide bonds. The summed E-state index contributed by atoms with van der Waals surface area (Å²) in [6, 6.07) is 9.64. The average Bonchev–Trinajstić information content (AvgIpc) is 3.55. The van der Waals surface area contributed by atoms with Crippen molar-refractivity contribution in [1.29, 1.82) is 0 Å². The summed E-state index contributed by atoms with van der Waals surface area (Å²) in [5.41, 5.74) is 4.67. The van der Waals surface area contributed by atoms with Crippen molar-refractivity contribution in [2.24, 2.45) is 0 Å². The first-order valence-electron chi connectivity index (χ1n) is 13.3. The molecule has 0 unspecified atom stereocenters. The normalized spacial score (nSPS) is 24.5. The number of piperidine rings is 1. The van der Waals surface area contributed by atoms with Gasteiger partial charge in [0.15, 0.2) is 5.78 Å².